The number of rotatable bonds is 7. The van der Waals surface area contributed by atoms with Crippen molar-refractivity contribution in [1.29, 1.82) is 0 Å². The van der Waals surface area contributed by atoms with Crippen molar-refractivity contribution < 1.29 is 23.9 Å². The maximum Gasteiger partial charge on any atom is 0.338 e. The average Bonchev–Trinajstić information content (AvgIpc) is 2.74. The number of ether oxygens (including phenoxy) is 2. The fourth-order valence-corrected chi connectivity index (χ4v) is 3.13. The van der Waals surface area contributed by atoms with E-state index in [-0.39, 0.29) is 36.6 Å². The molecule has 30 heavy (non-hydrogen) atoms. The van der Waals surface area contributed by atoms with Crippen molar-refractivity contribution in [3.05, 3.63) is 52.2 Å². The van der Waals surface area contributed by atoms with Crippen LogP contribution in [-0.4, -0.2) is 46.8 Å². The molecule has 10 nitrogen and oxygen atoms in total. The van der Waals surface area contributed by atoms with E-state index in [1.807, 2.05) is 0 Å². The second kappa shape index (κ2) is 9.21. The first-order valence-electron chi connectivity index (χ1n) is 9.52. The second-order valence-corrected chi connectivity index (χ2v) is 6.53. The summed E-state index contributed by atoms with van der Waals surface area (Å²) in [6, 6.07) is 5.74. The standard InChI is InChI=1S/C20H22N4O6/c1-3-13-17(19(27)29-4-2)15(23-20(28)22-13)10-30-16(25)9-24-11-21-14-8-6-5-7-12(14)18(24)26/h5-8,11,13H,3-4,9-10H2,1-2H3,(H2,22,23,28)/t13-/m0/s1. The van der Waals surface area contributed by atoms with E-state index in [0.717, 1.165) is 4.57 Å². The molecule has 1 aromatic carbocycles. The molecule has 0 bridgehead atoms. The van der Waals surface area contributed by atoms with Gasteiger partial charge in [0.15, 0.2) is 0 Å². The third-order valence-electron chi connectivity index (χ3n) is 4.56. The Morgan fingerprint density at radius 1 is 1.17 bits per heavy atom. The molecule has 2 amide bonds. The Kier molecular flexibility index (Phi) is 6.45. The number of urea groups is 1. The van der Waals surface area contributed by atoms with Crippen LogP contribution >= 0.6 is 0 Å². The molecule has 0 unspecified atom stereocenters. The molecule has 1 atom stereocenters. The fraction of sp³-hybridized carbons (Fsp3) is 0.350. The molecular weight excluding hydrogens is 392 g/mol. The normalized spacial score (nSPS) is 16.1. The zero-order valence-electron chi connectivity index (χ0n) is 16.6. The molecule has 0 radical (unpaired) electrons. The van der Waals surface area contributed by atoms with Gasteiger partial charge in [0.25, 0.3) is 5.56 Å². The summed E-state index contributed by atoms with van der Waals surface area (Å²) in [4.78, 5) is 53.1. The minimum Gasteiger partial charge on any atom is -0.463 e. The average molecular weight is 414 g/mol. The molecule has 1 aliphatic rings. The van der Waals surface area contributed by atoms with Gasteiger partial charge < -0.3 is 20.1 Å². The molecule has 0 saturated carbocycles. The van der Waals surface area contributed by atoms with Gasteiger partial charge in [-0.2, -0.15) is 0 Å². The summed E-state index contributed by atoms with van der Waals surface area (Å²) in [5.74, 6) is -1.32. The van der Waals surface area contributed by atoms with Crippen molar-refractivity contribution in [3.63, 3.8) is 0 Å². The monoisotopic (exact) mass is 414 g/mol. The summed E-state index contributed by atoms with van der Waals surface area (Å²) in [5.41, 5.74) is 0.516. The molecule has 2 N–H and O–H groups in total. The van der Waals surface area contributed by atoms with Gasteiger partial charge in [0.2, 0.25) is 0 Å². The highest BCUT2D eigenvalue weighted by molar-refractivity contribution is 5.94. The zero-order valence-corrected chi connectivity index (χ0v) is 16.6. The quantitative estimate of drug-likeness (QED) is 0.643. The van der Waals surface area contributed by atoms with E-state index in [9.17, 15) is 19.2 Å². The minimum atomic E-state index is -0.717. The number of hydrogen-bond donors (Lipinski definition) is 2. The van der Waals surface area contributed by atoms with Gasteiger partial charge in [0.1, 0.15) is 13.2 Å². The van der Waals surface area contributed by atoms with Crippen LogP contribution in [-0.2, 0) is 25.6 Å². The van der Waals surface area contributed by atoms with E-state index >= 15 is 0 Å². The molecule has 1 aromatic heterocycles. The van der Waals surface area contributed by atoms with Gasteiger partial charge in [-0.25, -0.2) is 14.6 Å². The highest BCUT2D eigenvalue weighted by atomic mass is 16.5. The molecule has 0 spiro atoms. The first-order chi connectivity index (χ1) is 14.4. The number of hydrogen-bond acceptors (Lipinski definition) is 7. The first-order valence-corrected chi connectivity index (χ1v) is 9.52. The summed E-state index contributed by atoms with van der Waals surface area (Å²) in [6.45, 7) is 2.94. The largest absolute Gasteiger partial charge is 0.463 e. The Hall–Kier alpha value is -3.69. The Morgan fingerprint density at radius 2 is 1.93 bits per heavy atom. The van der Waals surface area contributed by atoms with Crippen LogP contribution in [0.3, 0.4) is 0 Å². The summed E-state index contributed by atoms with van der Waals surface area (Å²) in [6.07, 6.45) is 1.73. The van der Waals surface area contributed by atoms with E-state index in [2.05, 4.69) is 15.6 Å². The molecule has 0 fully saturated rings. The molecular formula is C20H22N4O6. The predicted molar refractivity (Wildman–Crippen MR) is 106 cm³/mol. The van der Waals surface area contributed by atoms with Gasteiger partial charge >= 0.3 is 18.0 Å². The summed E-state index contributed by atoms with van der Waals surface area (Å²) in [7, 11) is 0. The molecule has 2 heterocycles. The molecule has 2 aromatic rings. The lowest BCUT2D eigenvalue weighted by Crippen LogP contribution is -2.51. The summed E-state index contributed by atoms with van der Waals surface area (Å²) >= 11 is 0. The number of benzene rings is 1. The Labute approximate surface area is 171 Å². The number of fused-ring (bicyclic) bond motifs is 1. The number of aromatic nitrogens is 2. The van der Waals surface area contributed by atoms with Gasteiger partial charge in [0.05, 0.1) is 41.1 Å². The molecule has 10 heteroatoms. The van der Waals surface area contributed by atoms with Gasteiger partial charge in [-0.3, -0.25) is 14.2 Å². The first kappa shape index (κ1) is 21.0. The molecule has 158 valence electrons. The fourth-order valence-electron chi connectivity index (χ4n) is 3.13. The maximum atomic E-state index is 12.5. The molecule has 0 saturated heterocycles. The van der Waals surface area contributed by atoms with Gasteiger partial charge in [0, 0.05) is 0 Å². The highest BCUT2D eigenvalue weighted by Gasteiger charge is 2.32. The van der Waals surface area contributed by atoms with Crippen LogP contribution in [0.15, 0.2) is 46.7 Å². The van der Waals surface area contributed by atoms with E-state index in [1.54, 1.807) is 38.1 Å². The van der Waals surface area contributed by atoms with Gasteiger partial charge in [-0.15, -0.1) is 0 Å². The van der Waals surface area contributed by atoms with Crippen molar-refractivity contribution in [1.82, 2.24) is 20.2 Å². The lowest BCUT2D eigenvalue weighted by molar-refractivity contribution is -0.144. The Morgan fingerprint density at radius 3 is 2.67 bits per heavy atom. The van der Waals surface area contributed by atoms with Crippen molar-refractivity contribution in [2.24, 2.45) is 0 Å². The van der Waals surface area contributed by atoms with E-state index in [4.69, 9.17) is 9.47 Å². The molecule has 0 aliphatic carbocycles. The van der Waals surface area contributed by atoms with Crippen LogP contribution in [0.25, 0.3) is 10.9 Å². The summed E-state index contributed by atoms with van der Waals surface area (Å²) in [5, 5.41) is 5.52. The van der Waals surface area contributed by atoms with Crippen molar-refractivity contribution in [3.8, 4) is 0 Å². The minimum absolute atomic E-state index is 0.154. The van der Waals surface area contributed by atoms with Crippen LogP contribution in [0.5, 0.6) is 0 Å². The summed E-state index contributed by atoms with van der Waals surface area (Å²) < 4.78 is 11.4. The number of nitrogens with zero attached hydrogens (tertiary/aromatic N) is 2. The highest BCUT2D eigenvalue weighted by Crippen LogP contribution is 2.17. The zero-order chi connectivity index (χ0) is 21.7. The SMILES string of the molecule is CCOC(=O)C1=C(COC(=O)Cn2cnc3ccccc3c2=O)NC(=O)N[C@H]1CC. The number of carbonyl (C=O) groups excluding carboxylic acids is 3. The predicted octanol–water partition coefficient (Wildman–Crippen LogP) is 0.848. The van der Waals surface area contributed by atoms with Crippen molar-refractivity contribution >= 4 is 28.9 Å². The van der Waals surface area contributed by atoms with Gasteiger partial charge in [-0.05, 0) is 25.5 Å². The second-order valence-electron chi connectivity index (χ2n) is 6.53. The Balaban J connectivity index is 1.76. The number of nitrogens with one attached hydrogen (secondary N) is 2. The molecule has 3 rings (SSSR count). The third-order valence-corrected chi connectivity index (χ3v) is 4.56. The van der Waals surface area contributed by atoms with Gasteiger partial charge in [-0.1, -0.05) is 19.1 Å². The number of amides is 2. The maximum absolute atomic E-state index is 12.5. The van der Waals surface area contributed by atoms with Crippen LogP contribution in [0.2, 0.25) is 0 Å². The van der Waals surface area contributed by atoms with Crippen molar-refractivity contribution in [2.75, 3.05) is 13.2 Å². The van der Waals surface area contributed by atoms with E-state index in [1.165, 1.54) is 6.33 Å². The van der Waals surface area contributed by atoms with E-state index in [0.29, 0.717) is 17.3 Å². The third kappa shape index (κ3) is 4.48. The van der Waals surface area contributed by atoms with Crippen LogP contribution < -0.4 is 16.2 Å². The molecule has 1 aliphatic heterocycles. The van der Waals surface area contributed by atoms with Crippen LogP contribution in [0, 0.1) is 0 Å². The van der Waals surface area contributed by atoms with E-state index < -0.39 is 24.0 Å². The topological polar surface area (TPSA) is 129 Å². The lowest BCUT2D eigenvalue weighted by atomic mass is 10.0. The van der Waals surface area contributed by atoms with Crippen LogP contribution in [0.4, 0.5) is 4.79 Å². The van der Waals surface area contributed by atoms with Crippen molar-refractivity contribution in [2.45, 2.75) is 32.9 Å². The number of esters is 2. The number of carbonyl (C=O) groups is 3. The number of para-hydroxylation sites is 1. The van der Waals surface area contributed by atoms with Crippen LogP contribution in [0.1, 0.15) is 20.3 Å². The lowest BCUT2D eigenvalue weighted by Gasteiger charge is -2.28. The smallest absolute Gasteiger partial charge is 0.338 e. The Bertz CT molecular complexity index is 1070.